The van der Waals surface area contributed by atoms with E-state index in [-0.39, 0.29) is 5.56 Å². The van der Waals surface area contributed by atoms with Crippen molar-refractivity contribution in [1.29, 1.82) is 5.26 Å². The van der Waals surface area contributed by atoms with Gasteiger partial charge in [-0.3, -0.25) is 0 Å². The van der Waals surface area contributed by atoms with Gasteiger partial charge < -0.3 is 0 Å². The molecular formula is C16H13F2N. The van der Waals surface area contributed by atoms with Gasteiger partial charge >= 0.3 is 0 Å². The molecule has 0 aliphatic heterocycles. The first kappa shape index (κ1) is 13.2. The Bertz CT molecular complexity index is 624. The summed E-state index contributed by atoms with van der Waals surface area (Å²) in [5.74, 6) is -1.63. The standard InChI is InChI=1S/C16H13F2N/c1-2-3-11-4-6-12(7-5-11)13-8-9-15(17)14(10-19)16(13)18/h4-9H,2-3H2,1H3. The van der Waals surface area contributed by atoms with Crippen LogP contribution in [0, 0.1) is 23.0 Å². The van der Waals surface area contributed by atoms with Crippen molar-refractivity contribution in [2.45, 2.75) is 19.8 Å². The van der Waals surface area contributed by atoms with Gasteiger partial charge in [-0.15, -0.1) is 0 Å². The summed E-state index contributed by atoms with van der Waals surface area (Å²) >= 11 is 0. The first-order chi connectivity index (χ1) is 9.17. The fourth-order valence-electron chi connectivity index (χ4n) is 2.02. The zero-order valence-corrected chi connectivity index (χ0v) is 10.6. The summed E-state index contributed by atoms with van der Waals surface area (Å²) in [5, 5.41) is 8.75. The molecule has 0 atom stereocenters. The molecule has 19 heavy (non-hydrogen) atoms. The zero-order chi connectivity index (χ0) is 13.8. The van der Waals surface area contributed by atoms with Gasteiger partial charge in [-0.1, -0.05) is 37.6 Å². The van der Waals surface area contributed by atoms with Gasteiger partial charge in [-0.2, -0.15) is 5.26 Å². The quantitative estimate of drug-likeness (QED) is 0.796. The lowest BCUT2D eigenvalue weighted by Crippen LogP contribution is -1.94. The number of nitrogens with zero attached hydrogens (tertiary/aromatic N) is 1. The van der Waals surface area contributed by atoms with E-state index < -0.39 is 17.2 Å². The minimum absolute atomic E-state index is 0.251. The molecule has 0 aromatic heterocycles. The molecular weight excluding hydrogens is 244 g/mol. The van der Waals surface area contributed by atoms with E-state index in [9.17, 15) is 8.78 Å². The fourth-order valence-corrected chi connectivity index (χ4v) is 2.02. The van der Waals surface area contributed by atoms with E-state index in [1.165, 1.54) is 11.6 Å². The summed E-state index contributed by atoms with van der Waals surface area (Å²) in [4.78, 5) is 0. The van der Waals surface area contributed by atoms with Crippen LogP contribution < -0.4 is 0 Å². The molecule has 0 bridgehead atoms. The Labute approximate surface area is 111 Å². The van der Waals surface area contributed by atoms with E-state index in [2.05, 4.69) is 6.92 Å². The topological polar surface area (TPSA) is 23.8 Å². The highest BCUT2D eigenvalue weighted by atomic mass is 19.1. The molecule has 0 N–H and O–H groups in total. The third-order valence-corrected chi connectivity index (χ3v) is 3.01. The SMILES string of the molecule is CCCc1ccc(-c2ccc(F)c(C#N)c2F)cc1. The Morgan fingerprint density at radius 3 is 2.32 bits per heavy atom. The predicted molar refractivity (Wildman–Crippen MR) is 70.5 cm³/mol. The van der Waals surface area contributed by atoms with Crippen molar-refractivity contribution in [3.63, 3.8) is 0 Å². The summed E-state index contributed by atoms with van der Waals surface area (Å²) in [5.41, 5.74) is 1.54. The Morgan fingerprint density at radius 2 is 1.74 bits per heavy atom. The van der Waals surface area contributed by atoms with Crippen LogP contribution >= 0.6 is 0 Å². The molecule has 0 fully saturated rings. The van der Waals surface area contributed by atoms with Crippen molar-refractivity contribution < 1.29 is 8.78 Å². The van der Waals surface area contributed by atoms with Crippen LogP contribution in [0.25, 0.3) is 11.1 Å². The molecule has 0 aliphatic rings. The maximum absolute atomic E-state index is 14.0. The van der Waals surface area contributed by atoms with Crippen LogP contribution in [-0.4, -0.2) is 0 Å². The number of aryl methyl sites for hydroxylation is 1. The summed E-state index contributed by atoms with van der Waals surface area (Å²) < 4.78 is 27.3. The summed E-state index contributed by atoms with van der Waals surface area (Å²) in [6.07, 6.45) is 2.01. The van der Waals surface area contributed by atoms with Gasteiger partial charge in [0.15, 0.2) is 5.82 Å². The maximum Gasteiger partial charge on any atom is 0.151 e. The van der Waals surface area contributed by atoms with Crippen LogP contribution in [0.5, 0.6) is 0 Å². The van der Waals surface area contributed by atoms with E-state index in [1.54, 1.807) is 18.2 Å². The molecule has 2 aromatic rings. The van der Waals surface area contributed by atoms with Crippen LogP contribution in [0.3, 0.4) is 0 Å². The average molecular weight is 257 g/mol. The molecule has 0 unspecified atom stereocenters. The van der Waals surface area contributed by atoms with Crippen molar-refractivity contribution in [3.05, 3.63) is 59.2 Å². The van der Waals surface area contributed by atoms with Gasteiger partial charge in [0, 0.05) is 5.56 Å². The zero-order valence-electron chi connectivity index (χ0n) is 10.6. The van der Waals surface area contributed by atoms with Crippen molar-refractivity contribution in [1.82, 2.24) is 0 Å². The molecule has 0 saturated carbocycles. The lowest BCUT2D eigenvalue weighted by molar-refractivity contribution is 0.579. The molecule has 0 saturated heterocycles. The van der Waals surface area contributed by atoms with Crippen LogP contribution in [0.4, 0.5) is 8.78 Å². The largest absolute Gasteiger partial charge is 0.205 e. The van der Waals surface area contributed by atoms with Crippen molar-refractivity contribution in [2.75, 3.05) is 0 Å². The number of halogens is 2. The highest BCUT2D eigenvalue weighted by molar-refractivity contribution is 5.66. The van der Waals surface area contributed by atoms with Crippen molar-refractivity contribution >= 4 is 0 Å². The average Bonchev–Trinajstić information content (AvgIpc) is 2.41. The number of hydrogen-bond acceptors (Lipinski definition) is 1. The molecule has 2 rings (SSSR count). The maximum atomic E-state index is 14.0. The van der Waals surface area contributed by atoms with Gasteiger partial charge in [0.2, 0.25) is 0 Å². The summed E-state index contributed by atoms with van der Waals surface area (Å²) in [7, 11) is 0. The van der Waals surface area contributed by atoms with Crippen LogP contribution in [0.15, 0.2) is 36.4 Å². The molecule has 2 aromatic carbocycles. The van der Waals surface area contributed by atoms with Crippen LogP contribution in [0.1, 0.15) is 24.5 Å². The molecule has 0 amide bonds. The molecule has 0 heterocycles. The monoisotopic (exact) mass is 257 g/mol. The number of rotatable bonds is 3. The third kappa shape index (κ3) is 2.63. The number of benzene rings is 2. The molecule has 0 radical (unpaired) electrons. The molecule has 0 aliphatic carbocycles. The first-order valence-corrected chi connectivity index (χ1v) is 6.14. The summed E-state index contributed by atoms with van der Waals surface area (Å²) in [6, 6.07) is 11.5. The second kappa shape index (κ2) is 5.62. The van der Waals surface area contributed by atoms with Gasteiger partial charge in [0.25, 0.3) is 0 Å². The van der Waals surface area contributed by atoms with Crippen molar-refractivity contribution in [3.8, 4) is 17.2 Å². The summed E-state index contributed by atoms with van der Waals surface area (Å²) in [6.45, 7) is 2.09. The highest BCUT2D eigenvalue weighted by Crippen LogP contribution is 2.26. The normalized spacial score (nSPS) is 10.2. The lowest BCUT2D eigenvalue weighted by Gasteiger charge is -2.06. The van der Waals surface area contributed by atoms with E-state index in [0.717, 1.165) is 18.9 Å². The number of nitriles is 1. The lowest BCUT2D eigenvalue weighted by atomic mass is 10.00. The highest BCUT2D eigenvalue weighted by Gasteiger charge is 2.14. The van der Waals surface area contributed by atoms with E-state index in [0.29, 0.717) is 5.56 Å². The second-order valence-electron chi connectivity index (χ2n) is 4.34. The first-order valence-electron chi connectivity index (χ1n) is 6.14. The van der Waals surface area contributed by atoms with Gasteiger partial charge in [0.05, 0.1) is 0 Å². The van der Waals surface area contributed by atoms with Crippen molar-refractivity contribution in [2.24, 2.45) is 0 Å². The van der Waals surface area contributed by atoms with E-state index >= 15 is 0 Å². The molecule has 96 valence electrons. The smallest absolute Gasteiger partial charge is 0.151 e. The molecule has 0 spiro atoms. The Kier molecular flexibility index (Phi) is 3.91. The minimum atomic E-state index is -0.827. The predicted octanol–water partition coefficient (Wildman–Crippen LogP) is 4.46. The molecule has 3 heteroatoms. The van der Waals surface area contributed by atoms with Gasteiger partial charge in [-0.25, -0.2) is 8.78 Å². The van der Waals surface area contributed by atoms with E-state index in [1.807, 2.05) is 12.1 Å². The molecule has 1 nitrogen and oxygen atoms in total. The van der Waals surface area contributed by atoms with Gasteiger partial charge in [0.1, 0.15) is 17.4 Å². The van der Waals surface area contributed by atoms with Crippen LogP contribution in [-0.2, 0) is 6.42 Å². The minimum Gasteiger partial charge on any atom is -0.205 e. The van der Waals surface area contributed by atoms with Gasteiger partial charge in [-0.05, 0) is 29.7 Å². The third-order valence-electron chi connectivity index (χ3n) is 3.01. The Balaban J connectivity index is 2.45. The fraction of sp³-hybridized carbons (Fsp3) is 0.188. The van der Waals surface area contributed by atoms with E-state index in [4.69, 9.17) is 5.26 Å². The van der Waals surface area contributed by atoms with Crippen LogP contribution in [0.2, 0.25) is 0 Å². The number of hydrogen-bond donors (Lipinski definition) is 0. The Hall–Kier alpha value is -2.21. The Morgan fingerprint density at radius 1 is 1.05 bits per heavy atom. The second-order valence-corrected chi connectivity index (χ2v) is 4.34.